The highest BCUT2D eigenvalue weighted by Crippen LogP contribution is 2.23. The fraction of sp³-hybridized carbons (Fsp3) is 0.143. The van der Waals surface area contributed by atoms with Gasteiger partial charge in [0.2, 0.25) is 0 Å². The largest absolute Gasteiger partial charge is 0.397 e. The van der Waals surface area contributed by atoms with E-state index in [9.17, 15) is 0 Å². The summed E-state index contributed by atoms with van der Waals surface area (Å²) in [4.78, 5) is 0. The lowest BCUT2D eigenvalue weighted by Crippen LogP contribution is -2.02. The fourth-order valence-corrected chi connectivity index (χ4v) is 2.03. The number of hydrogen-bond acceptors (Lipinski definition) is 3. The first-order valence-electron chi connectivity index (χ1n) is 5.66. The molecule has 0 spiro atoms. The van der Waals surface area contributed by atoms with Gasteiger partial charge in [0.05, 0.1) is 18.0 Å². The molecule has 0 aliphatic heterocycles. The summed E-state index contributed by atoms with van der Waals surface area (Å²) in [7, 11) is 0. The SMILES string of the molecule is Nc1cc(Br)ccc1NCc1ccc(CO)cc1. The highest BCUT2D eigenvalue weighted by molar-refractivity contribution is 9.10. The highest BCUT2D eigenvalue weighted by atomic mass is 79.9. The van der Waals surface area contributed by atoms with E-state index < -0.39 is 0 Å². The third-order valence-electron chi connectivity index (χ3n) is 2.70. The number of nitrogen functional groups attached to an aromatic ring is 1. The number of benzene rings is 2. The van der Waals surface area contributed by atoms with E-state index in [0.717, 1.165) is 27.0 Å². The van der Waals surface area contributed by atoms with Crippen molar-refractivity contribution in [1.29, 1.82) is 0 Å². The predicted octanol–water partition coefficient (Wildman–Crippen LogP) is 3.14. The molecule has 0 saturated heterocycles. The number of hydrogen-bond donors (Lipinski definition) is 3. The fourth-order valence-electron chi connectivity index (χ4n) is 1.65. The molecule has 0 heterocycles. The molecule has 0 bridgehead atoms. The van der Waals surface area contributed by atoms with Crippen molar-refractivity contribution in [3.8, 4) is 0 Å². The molecule has 0 aromatic heterocycles. The summed E-state index contributed by atoms with van der Waals surface area (Å²) < 4.78 is 0.970. The first-order chi connectivity index (χ1) is 8.69. The van der Waals surface area contributed by atoms with E-state index in [1.54, 1.807) is 0 Å². The smallest absolute Gasteiger partial charge is 0.0681 e. The van der Waals surface area contributed by atoms with Crippen molar-refractivity contribution < 1.29 is 5.11 Å². The van der Waals surface area contributed by atoms with Gasteiger partial charge in [-0.15, -0.1) is 0 Å². The van der Waals surface area contributed by atoms with E-state index in [2.05, 4.69) is 21.2 Å². The number of nitrogens with two attached hydrogens (primary N) is 1. The first-order valence-corrected chi connectivity index (χ1v) is 6.46. The highest BCUT2D eigenvalue weighted by Gasteiger charge is 2.00. The van der Waals surface area contributed by atoms with Crippen LogP contribution in [0.3, 0.4) is 0 Å². The molecule has 0 aliphatic carbocycles. The summed E-state index contributed by atoms with van der Waals surface area (Å²) in [5, 5.41) is 12.2. The Morgan fingerprint density at radius 3 is 2.33 bits per heavy atom. The van der Waals surface area contributed by atoms with Gasteiger partial charge < -0.3 is 16.2 Å². The molecule has 0 atom stereocenters. The summed E-state index contributed by atoms with van der Waals surface area (Å²) in [6.07, 6.45) is 0. The van der Waals surface area contributed by atoms with E-state index in [4.69, 9.17) is 10.8 Å². The molecule has 18 heavy (non-hydrogen) atoms. The lowest BCUT2D eigenvalue weighted by Gasteiger charge is -2.10. The van der Waals surface area contributed by atoms with Crippen molar-refractivity contribution in [2.24, 2.45) is 0 Å². The van der Waals surface area contributed by atoms with Gasteiger partial charge in [0.1, 0.15) is 0 Å². The number of aliphatic hydroxyl groups excluding tert-OH is 1. The molecule has 0 amide bonds. The quantitative estimate of drug-likeness (QED) is 0.761. The van der Waals surface area contributed by atoms with Gasteiger partial charge in [-0.25, -0.2) is 0 Å². The second-order valence-corrected chi connectivity index (χ2v) is 4.98. The van der Waals surface area contributed by atoms with E-state index in [0.29, 0.717) is 6.54 Å². The third-order valence-corrected chi connectivity index (χ3v) is 3.20. The molecule has 4 heteroatoms. The molecule has 2 aromatic rings. The number of halogens is 1. The minimum atomic E-state index is 0.0768. The monoisotopic (exact) mass is 306 g/mol. The molecule has 4 N–H and O–H groups in total. The van der Waals surface area contributed by atoms with E-state index in [1.165, 1.54) is 0 Å². The Bertz CT molecular complexity index is 526. The van der Waals surface area contributed by atoms with Crippen LogP contribution < -0.4 is 11.1 Å². The Labute approximate surface area is 115 Å². The number of rotatable bonds is 4. The van der Waals surface area contributed by atoms with Crippen LogP contribution in [-0.4, -0.2) is 5.11 Å². The topological polar surface area (TPSA) is 58.3 Å². The van der Waals surface area contributed by atoms with Crippen LogP contribution in [0.15, 0.2) is 46.9 Å². The molecule has 94 valence electrons. The van der Waals surface area contributed by atoms with Crippen molar-refractivity contribution in [2.45, 2.75) is 13.2 Å². The van der Waals surface area contributed by atoms with Crippen LogP contribution in [-0.2, 0) is 13.2 Å². The van der Waals surface area contributed by atoms with Gasteiger partial charge in [-0.05, 0) is 29.3 Å². The molecule has 0 fully saturated rings. The Hall–Kier alpha value is -1.52. The van der Waals surface area contributed by atoms with Crippen LogP contribution in [0.2, 0.25) is 0 Å². The summed E-state index contributed by atoms with van der Waals surface area (Å²) >= 11 is 3.38. The normalized spacial score (nSPS) is 10.3. The molecule has 2 rings (SSSR count). The minimum absolute atomic E-state index is 0.0768. The van der Waals surface area contributed by atoms with Crippen molar-refractivity contribution >= 4 is 27.3 Å². The van der Waals surface area contributed by atoms with Crippen LogP contribution in [0, 0.1) is 0 Å². The number of nitrogens with one attached hydrogen (secondary N) is 1. The maximum atomic E-state index is 8.96. The lowest BCUT2D eigenvalue weighted by atomic mass is 10.1. The van der Waals surface area contributed by atoms with Gasteiger partial charge in [0.25, 0.3) is 0 Å². The van der Waals surface area contributed by atoms with Crippen LogP contribution in [0.1, 0.15) is 11.1 Å². The molecule has 2 aromatic carbocycles. The predicted molar refractivity (Wildman–Crippen MR) is 78.2 cm³/mol. The molecule has 0 unspecified atom stereocenters. The molecule has 0 radical (unpaired) electrons. The van der Waals surface area contributed by atoms with Crippen LogP contribution >= 0.6 is 15.9 Å². The maximum absolute atomic E-state index is 8.96. The summed E-state index contributed by atoms with van der Waals surface area (Å²) in [6.45, 7) is 0.783. The van der Waals surface area contributed by atoms with E-state index in [-0.39, 0.29) is 6.61 Å². The lowest BCUT2D eigenvalue weighted by molar-refractivity contribution is 0.282. The summed E-state index contributed by atoms with van der Waals surface area (Å²) in [6, 6.07) is 13.6. The Morgan fingerprint density at radius 1 is 1.06 bits per heavy atom. The van der Waals surface area contributed by atoms with Crippen LogP contribution in [0.4, 0.5) is 11.4 Å². The van der Waals surface area contributed by atoms with Gasteiger partial charge in [-0.3, -0.25) is 0 Å². The zero-order valence-electron chi connectivity index (χ0n) is 9.86. The second kappa shape index (κ2) is 5.89. The van der Waals surface area contributed by atoms with E-state index in [1.807, 2.05) is 42.5 Å². The zero-order valence-corrected chi connectivity index (χ0v) is 11.4. The Morgan fingerprint density at radius 2 is 1.72 bits per heavy atom. The second-order valence-electron chi connectivity index (χ2n) is 4.06. The molecule has 0 saturated carbocycles. The van der Waals surface area contributed by atoms with Gasteiger partial charge in [-0.2, -0.15) is 0 Å². The molecular weight excluding hydrogens is 292 g/mol. The standard InChI is InChI=1S/C14H15BrN2O/c15-12-5-6-14(13(16)7-12)17-8-10-1-3-11(9-18)4-2-10/h1-7,17-18H,8-9,16H2. The Kier molecular flexibility index (Phi) is 4.23. The van der Waals surface area contributed by atoms with Gasteiger partial charge in [-0.1, -0.05) is 40.2 Å². The van der Waals surface area contributed by atoms with Gasteiger partial charge in [0.15, 0.2) is 0 Å². The van der Waals surface area contributed by atoms with Crippen LogP contribution in [0.25, 0.3) is 0 Å². The third kappa shape index (κ3) is 3.24. The van der Waals surface area contributed by atoms with Gasteiger partial charge in [0, 0.05) is 11.0 Å². The van der Waals surface area contributed by atoms with Crippen molar-refractivity contribution in [3.05, 3.63) is 58.1 Å². The van der Waals surface area contributed by atoms with Crippen molar-refractivity contribution in [3.63, 3.8) is 0 Å². The maximum Gasteiger partial charge on any atom is 0.0681 e. The Balaban J connectivity index is 2.02. The molecular formula is C14H15BrN2O. The molecule has 0 aliphatic rings. The average molecular weight is 307 g/mol. The van der Waals surface area contributed by atoms with Crippen molar-refractivity contribution in [2.75, 3.05) is 11.1 Å². The molecule has 3 nitrogen and oxygen atoms in total. The van der Waals surface area contributed by atoms with Crippen molar-refractivity contribution in [1.82, 2.24) is 0 Å². The van der Waals surface area contributed by atoms with Crippen LogP contribution in [0.5, 0.6) is 0 Å². The summed E-state index contributed by atoms with van der Waals surface area (Å²) in [5.41, 5.74) is 9.61. The average Bonchev–Trinajstić information content (AvgIpc) is 2.38. The number of anilines is 2. The summed E-state index contributed by atoms with van der Waals surface area (Å²) in [5.74, 6) is 0. The van der Waals surface area contributed by atoms with Gasteiger partial charge >= 0.3 is 0 Å². The van der Waals surface area contributed by atoms with E-state index >= 15 is 0 Å². The zero-order chi connectivity index (χ0) is 13.0. The minimum Gasteiger partial charge on any atom is -0.397 e. The first kappa shape index (κ1) is 12.9. The number of aliphatic hydroxyl groups is 1.